The SMILES string of the molecule is Cc1ccc(N)c(C(=O)NC(C)Cn2cccn2)c1. The summed E-state index contributed by atoms with van der Waals surface area (Å²) in [6.07, 6.45) is 3.58. The van der Waals surface area contributed by atoms with Crippen molar-refractivity contribution in [1.82, 2.24) is 15.1 Å². The van der Waals surface area contributed by atoms with E-state index in [4.69, 9.17) is 5.73 Å². The van der Waals surface area contributed by atoms with Crippen molar-refractivity contribution >= 4 is 11.6 Å². The Morgan fingerprint density at radius 2 is 2.32 bits per heavy atom. The summed E-state index contributed by atoms with van der Waals surface area (Å²) >= 11 is 0. The second-order valence-electron chi connectivity index (χ2n) is 4.69. The molecular weight excluding hydrogens is 240 g/mol. The van der Waals surface area contributed by atoms with Gasteiger partial charge in [0.1, 0.15) is 0 Å². The monoisotopic (exact) mass is 258 g/mol. The van der Waals surface area contributed by atoms with Gasteiger partial charge in [-0.05, 0) is 32.0 Å². The Kier molecular flexibility index (Phi) is 3.85. The highest BCUT2D eigenvalue weighted by atomic mass is 16.1. The van der Waals surface area contributed by atoms with Gasteiger partial charge in [0, 0.05) is 24.1 Å². The first-order chi connectivity index (χ1) is 9.06. The first-order valence-corrected chi connectivity index (χ1v) is 6.20. The Hall–Kier alpha value is -2.30. The highest BCUT2D eigenvalue weighted by Gasteiger charge is 2.13. The standard InChI is InChI=1S/C14H18N4O/c1-10-4-5-13(15)12(8-10)14(19)17-11(2)9-18-7-3-6-16-18/h3-8,11H,9,15H2,1-2H3,(H,17,19). The number of nitrogens with two attached hydrogens (primary N) is 1. The maximum atomic E-state index is 12.1. The molecule has 100 valence electrons. The highest BCUT2D eigenvalue weighted by Crippen LogP contribution is 2.13. The molecule has 0 aliphatic rings. The number of amides is 1. The molecule has 2 aromatic rings. The number of aryl methyl sites for hydroxylation is 1. The van der Waals surface area contributed by atoms with Crippen LogP contribution in [-0.2, 0) is 6.54 Å². The Morgan fingerprint density at radius 1 is 1.53 bits per heavy atom. The van der Waals surface area contributed by atoms with Crippen LogP contribution in [0.5, 0.6) is 0 Å². The maximum Gasteiger partial charge on any atom is 0.253 e. The normalized spacial score (nSPS) is 12.1. The number of anilines is 1. The Labute approximate surface area is 112 Å². The topological polar surface area (TPSA) is 72.9 Å². The number of carbonyl (C=O) groups is 1. The molecule has 5 heteroatoms. The number of carbonyl (C=O) groups excluding carboxylic acids is 1. The summed E-state index contributed by atoms with van der Waals surface area (Å²) in [6, 6.07) is 7.27. The predicted octanol–water partition coefficient (Wildman–Crippen LogP) is 1.59. The van der Waals surface area contributed by atoms with Crippen molar-refractivity contribution in [2.24, 2.45) is 0 Å². The molecule has 0 aliphatic heterocycles. The van der Waals surface area contributed by atoms with Crippen molar-refractivity contribution in [2.45, 2.75) is 26.4 Å². The van der Waals surface area contributed by atoms with Crippen molar-refractivity contribution in [3.63, 3.8) is 0 Å². The number of hydrogen-bond acceptors (Lipinski definition) is 3. The molecule has 3 N–H and O–H groups in total. The summed E-state index contributed by atoms with van der Waals surface area (Å²) in [5, 5.41) is 7.03. The number of hydrogen-bond donors (Lipinski definition) is 2. The minimum absolute atomic E-state index is 0.0210. The van der Waals surface area contributed by atoms with Crippen LogP contribution >= 0.6 is 0 Å². The van der Waals surface area contributed by atoms with E-state index in [2.05, 4.69) is 10.4 Å². The Balaban J connectivity index is 2.02. The quantitative estimate of drug-likeness (QED) is 0.818. The first-order valence-electron chi connectivity index (χ1n) is 6.20. The zero-order valence-corrected chi connectivity index (χ0v) is 11.1. The van der Waals surface area contributed by atoms with Crippen LogP contribution in [0, 0.1) is 6.92 Å². The highest BCUT2D eigenvalue weighted by molar-refractivity contribution is 5.99. The molecule has 2 rings (SSSR count). The molecule has 0 saturated carbocycles. The Bertz CT molecular complexity index is 563. The average Bonchev–Trinajstić information content (AvgIpc) is 2.84. The Morgan fingerprint density at radius 3 is 3.00 bits per heavy atom. The fourth-order valence-corrected chi connectivity index (χ4v) is 1.90. The third-order valence-corrected chi connectivity index (χ3v) is 2.85. The molecule has 0 saturated heterocycles. The summed E-state index contributed by atoms with van der Waals surface area (Å²) in [5.74, 6) is -0.152. The van der Waals surface area contributed by atoms with Crippen LogP contribution in [-0.4, -0.2) is 21.7 Å². The summed E-state index contributed by atoms with van der Waals surface area (Å²) in [6.45, 7) is 4.50. The summed E-state index contributed by atoms with van der Waals surface area (Å²) in [5.41, 5.74) is 7.85. The lowest BCUT2D eigenvalue weighted by molar-refractivity contribution is 0.0937. The lowest BCUT2D eigenvalue weighted by atomic mass is 10.1. The number of nitrogens with one attached hydrogen (secondary N) is 1. The van der Waals surface area contributed by atoms with Crippen LogP contribution in [0.3, 0.4) is 0 Å². The molecule has 1 heterocycles. The van der Waals surface area contributed by atoms with E-state index in [-0.39, 0.29) is 11.9 Å². The maximum absolute atomic E-state index is 12.1. The van der Waals surface area contributed by atoms with Crippen LogP contribution < -0.4 is 11.1 Å². The van der Waals surface area contributed by atoms with Crippen molar-refractivity contribution in [3.05, 3.63) is 47.8 Å². The van der Waals surface area contributed by atoms with Crippen LogP contribution in [0.1, 0.15) is 22.8 Å². The van der Waals surface area contributed by atoms with Gasteiger partial charge in [-0.2, -0.15) is 5.10 Å². The number of aromatic nitrogens is 2. The van der Waals surface area contributed by atoms with Crippen LogP contribution in [0.2, 0.25) is 0 Å². The fourth-order valence-electron chi connectivity index (χ4n) is 1.90. The molecule has 0 aliphatic carbocycles. The third kappa shape index (κ3) is 3.34. The molecule has 19 heavy (non-hydrogen) atoms. The minimum Gasteiger partial charge on any atom is -0.398 e. The van der Waals surface area contributed by atoms with Gasteiger partial charge in [-0.3, -0.25) is 9.48 Å². The number of rotatable bonds is 4. The number of nitrogen functional groups attached to an aromatic ring is 1. The van der Waals surface area contributed by atoms with Crippen molar-refractivity contribution in [3.8, 4) is 0 Å². The molecule has 1 aromatic carbocycles. The van der Waals surface area contributed by atoms with E-state index in [1.807, 2.05) is 32.2 Å². The van der Waals surface area contributed by atoms with Crippen molar-refractivity contribution < 1.29 is 4.79 Å². The molecule has 1 amide bonds. The lowest BCUT2D eigenvalue weighted by Crippen LogP contribution is -2.36. The molecule has 0 radical (unpaired) electrons. The second kappa shape index (κ2) is 5.56. The van der Waals surface area contributed by atoms with Gasteiger partial charge >= 0.3 is 0 Å². The molecule has 0 bridgehead atoms. The van der Waals surface area contributed by atoms with E-state index >= 15 is 0 Å². The summed E-state index contributed by atoms with van der Waals surface area (Å²) < 4.78 is 1.78. The van der Waals surface area contributed by atoms with Crippen LogP contribution in [0.15, 0.2) is 36.7 Å². The van der Waals surface area contributed by atoms with Gasteiger partial charge in [-0.1, -0.05) is 11.6 Å². The van der Waals surface area contributed by atoms with Crippen LogP contribution in [0.25, 0.3) is 0 Å². The first kappa shape index (κ1) is 13.1. The third-order valence-electron chi connectivity index (χ3n) is 2.85. The molecule has 0 spiro atoms. The lowest BCUT2D eigenvalue weighted by Gasteiger charge is -2.15. The van der Waals surface area contributed by atoms with Crippen molar-refractivity contribution in [1.29, 1.82) is 0 Å². The largest absolute Gasteiger partial charge is 0.398 e. The van der Waals surface area contributed by atoms with E-state index in [1.54, 1.807) is 23.0 Å². The van der Waals surface area contributed by atoms with Gasteiger partial charge < -0.3 is 11.1 Å². The molecular formula is C14H18N4O. The van der Waals surface area contributed by atoms with E-state index in [0.29, 0.717) is 17.8 Å². The molecule has 1 atom stereocenters. The van der Waals surface area contributed by atoms with Gasteiger partial charge in [0.15, 0.2) is 0 Å². The zero-order chi connectivity index (χ0) is 13.8. The number of benzene rings is 1. The number of nitrogens with zero attached hydrogens (tertiary/aromatic N) is 2. The van der Waals surface area contributed by atoms with Crippen molar-refractivity contribution in [2.75, 3.05) is 5.73 Å². The molecule has 0 fully saturated rings. The summed E-state index contributed by atoms with van der Waals surface area (Å²) in [7, 11) is 0. The van der Waals surface area contributed by atoms with Gasteiger partial charge in [0.25, 0.3) is 5.91 Å². The molecule has 1 aromatic heterocycles. The zero-order valence-electron chi connectivity index (χ0n) is 11.1. The van der Waals surface area contributed by atoms with Gasteiger partial charge in [0.05, 0.1) is 12.1 Å². The molecule has 1 unspecified atom stereocenters. The van der Waals surface area contributed by atoms with Gasteiger partial charge in [-0.25, -0.2) is 0 Å². The minimum atomic E-state index is -0.152. The van der Waals surface area contributed by atoms with Crippen LogP contribution in [0.4, 0.5) is 5.69 Å². The van der Waals surface area contributed by atoms with Gasteiger partial charge in [-0.15, -0.1) is 0 Å². The summed E-state index contributed by atoms with van der Waals surface area (Å²) in [4.78, 5) is 12.1. The van der Waals surface area contributed by atoms with Gasteiger partial charge in [0.2, 0.25) is 0 Å². The van der Waals surface area contributed by atoms with E-state index in [9.17, 15) is 4.79 Å². The average molecular weight is 258 g/mol. The van der Waals surface area contributed by atoms with E-state index in [1.165, 1.54) is 0 Å². The van der Waals surface area contributed by atoms with E-state index in [0.717, 1.165) is 5.56 Å². The fraction of sp³-hybridized carbons (Fsp3) is 0.286. The van der Waals surface area contributed by atoms with E-state index < -0.39 is 0 Å². The predicted molar refractivity (Wildman–Crippen MR) is 74.7 cm³/mol. The second-order valence-corrected chi connectivity index (χ2v) is 4.69. The smallest absolute Gasteiger partial charge is 0.253 e. The molecule has 5 nitrogen and oxygen atoms in total.